The molecule has 20 heteroatoms. The highest BCUT2D eigenvalue weighted by molar-refractivity contribution is 5.70. The Morgan fingerprint density at radius 2 is 0.887 bits per heavy atom. The molecule has 2 rings (SSSR count). The van der Waals surface area contributed by atoms with E-state index in [1.807, 2.05) is 13.8 Å². The van der Waals surface area contributed by atoms with E-state index < -0.39 is 111 Å². The Hall–Kier alpha value is -4.85. The molecule has 0 fully saturated rings. The van der Waals surface area contributed by atoms with Crippen molar-refractivity contribution >= 4 is 17.9 Å². The van der Waals surface area contributed by atoms with Crippen LogP contribution in [0.25, 0.3) is 0 Å². The van der Waals surface area contributed by atoms with Crippen LogP contribution in [0.5, 0.6) is 0 Å². The maximum atomic E-state index is 13.3. The summed E-state index contributed by atoms with van der Waals surface area (Å²) >= 11 is 0. The summed E-state index contributed by atoms with van der Waals surface area (Å²) in [6.45, 7) is 7.31. The van der Waals surface area contributed by atoms with Crippen LogP contribution >= 0.6 is 0 Å². The molecule has 0 amide bonds. The van der Waals surface area contributed by atoms with Crippen LogP contribution in [0, 0.1) is 5.92 Å². The summed E-state index contributed by atoms with van der Waals surface area (Å²) < 4.78 is 24.8. The number of nitrogens with zero attached hydrogens (tertiary/aromatic N) is 6. The first-order valence-electron chi connectivity index (χ1n) is 17.6. The molecule has 0 saturated carbocycles. The summed E-state index contributed by atoms with van der Waals surface area (Å²) in [5, 5.41) is 9.36. The van der Waals surface area contributed by atoms with E-state index in [1.165, 1.54) is 0 Å². The van der Waals surface area contributed by atoms with Crippen molar-refractivity contribution in [3.05, 3.63) is 62.9 Å². The maximum absolute atomic E-state index is 13.3. The van der Waals surface area contributed by atoms with Crippen molar-refractivity contribution in [1.29, 1.82) is 0 Å². The Kier molecular flexibility index (Phi) is 18.1. The van der Waals surface area contributed by atoms with Gasteiger partial charge in [-0.15, -0.1) is 0 Å². The monoisotopic (exact) mass is 756 g/mol. The first-order valence-corrected chi connectivity index (χ1v) is 17.6. The molecular weight excluding hydrogens is 704 g/mol. The lowest BCUT2D eigenvalue weighted by Crippen LogP contribution is -2.55. The minimum Gasteiger partial charge on any atom is -0.466 e. The molecule has 0 atom stereocenters. The van der Waals surface area contributed by atoms with Gasteiger partial charge in [0.2, 0.25) is 0 Å². The fraction of sp³-hybridized carbons (Fsp3) is 0.727. The van der Waals surface area contributed by atoms with Gasteiger partial charge in [-0.05, 0) is 46.5 Å². The molecule has 0 aliphatic rings. The van der Waals surface area contributed by atoms with Crippen molar-refractivity contribution in [2.75, 3.05) is 26.4 Å². The Bertz CT molecular complexity index is 1910. The van der Waals surface area contributed by atoms with Crippen LogP contribution in [-0.2, 0) is 72.6 Å². The van der Waals surface area contributed by atoms with Crippen LogP contribution in [0.2, 0.25) is 0 Å². The van der Waals surface area contributed by atoms with E-state index >= 15 is 0 Å². The van der Waals surface area contributed by atoms with E-state index in [0.717, 1.165) is 11.0 Å². The molecule has 0 aliphatic carbocycles. The van der Waals surface area contributed by atoms with Crippen molar-refractivity contribution in [2.45, 2.75) is 125 Å². The van der Waals surface area contributed by atoms with Gasteiger partial charge in [-0.3, -0.25) is 14.4 Å². The third-order valence-electron chi connectivity index (χ3n) is 7.61. The van der Waals surface area contributed by atoms with E-state index in [4.69, 9.17) is 18.9 Å². The fourth-order valence-corrected chi connectivity index (χ4v) is 5.00. The molecule has 2 aromatic rings. The second-order valence-corrected chi connectivity index (χ2v) is 13.0. The van der Waals surface area contributed by atoms with E-state index in [-0.39, 0.29) is 38.7 Å². The summed E-state index contributed by atoms with van der Waals surface area (Å²) in [6, 6.07) is 0. The highest BCUT2D eigenvalue weighted by Crippen LogP contribution is 2.04. The highest BCUT2D eigenvalue weighted by Gasteiger charge is 2.20. The third-order valence-corrected chi connectivity index (χ3v) is 7.61. The molecule has 53 heavy (non-hydrogen) atoms. The van der Waals surface area contributed by atoms with Crippen LogP contribution in [0.3, 0.4) is 0 Å². The van der Waals surface area contributed by atoms with Crippen molar-refractivity contribution in [3.63, 3.8) is 0 Å². The fourth-order valence-electron chi connectivity index (χ4n) is 5.00. The van der Waals surface area contributed by atoms with Gasteiger partial charge in [0, 0.05) is 19.6 Å². The molecule has 20 nitrogen and oxygen atoms in total. The number of ether oxygens (including phenoxy) is 4. The largest absolute Gasteiger partial charge is 0.466 e. The van der Waals surface area contributed by atoms with Crippen LogP contribution < -0.4 is 34.1 Å². The molecule has 2 aromatic heterocycles. The number of carbonyl (C=O) groups is 3. The number of carbonyl (C=O) groups excluding carboxylic acids is 3. The second kappa shape index (κ2) is 21.6. The van der Waals surface area contributed by atoms with Gasteiger partial charge in [0.05, 0.1) is 70.9 Å². The van der Waals surface area contributed by atoms with Crippen LogP contribution in [0.1, 0.15) is 73.6 Å². The lowest BCUT2D eigenvalue weighted by molar-refractivity contribution is -0.148. The van der Waals surface area contributed by atoms with E-state index in [2.05, 4.69) is 0 Å². The Morgan fingerprint density at radius 3 is 1.28 bits per heavy atom. The molecule has 0 aliphatic heterocycles. The van der Waals surface area contributed by atoms with Gasteiger partial charge < -0.3 is 24.1 Å². The average molecular weight is 757 g/mol. The number of rotatable bonds is 23. The van der Waals surface area contributed by atoms with Gasteiger partial charge in [0.15, 0.2) is 0 Å². The smallest absolute Gasteiger partial charge is 0.336 e. The maximum Gasteiger partial charge on any atom is 0.336 e. The minimum atomic E-state index is -1.11. The first kappa shape index (κ1) is 44.3. The van der Waals surface area contributed by atoms with E-state index in [0.29, 0.717) is 35.2 Å². The Labute approximate surface area is 304 Å². The lowest BCUT2D eigenvalue weighted by Gasteiger charge is -2.15. The summed E-state index contributed by atoms with van der Waals surface area (Å²) in [5.41, 5.74) is -6.25. The highest BCUT2D eigenvalue weighted by atomic mass is 16.5. The molecule has 0 unspecified atom stereocenters. The van der Waals surface area contributed by atoms with Crippen molar-refractivity contribution in [3.8, 4) is 0 Å². The number of aliphatic hydroxyl groups excluding tert-OH is 1. The Balaban J connectivity index is 2.26. The number of aliphatic hydroxyl groups is 1. The topological polar surface area (TPSA) is 240 Å². The van der Waals surface area contributed by atoms with Crippen molar-refractivity contribution < 1.29 is 38.4 Å². The van der Waals surface area contributed by atoms with Crippen LogP contribution in [-0.4, -0.2) is 89.1 Å². The third kappa shape index (κ3) is 13.6. The predicted octanol–water partition coefficient (Wildman–Crippen LogP) is -1.58. The van der Waals surface area contributed by atoms with Crippen molar-refractivity contribution in [2.24, 2.45) is 5.92 Å². The number of esters is 3. The van der Waals surface area contributed by atoms with Gasteiger partial charge in [-0.2, -0.15) is 0 Å². The quantitative estimate of drug-likeness (QED) is 0.0765. The molecule has 298 valence electrons. The summed E-state index contributed by atoms with van der Waals surface area (Å²) in [7, 11) is 0. The molecule has 0 aromatic carbocycles. The lowest BCUT2D eigenvalue weighted by atomic mass is 10.1. The van der Waals surface area contributed by atoms with Gasteiger partial charge in [-0.1, -0.05) is 13.8 Å². The zero-order chi connectivity index (χ0) is 39.8. The Morgan fingerprint density at radius 1 is 0.509 bits per heavy atom. The van der Waals surface area contributed by atoms with E-state index in [9.17, 15) is 48.3 Å². The summed E-state index contributed by atoms with van der Waals surface area (Å²) in [4.78, 5) is 116. The predicted molar refractivity (Wildman–Crippen MR) is 188 cm³/mol. The molecule has 0 bridgehead atoms. The summed E-state index contributed by atoms with van der Waals surface area (Å²) in [5.74, 6) is -1.92. The van der Waals surface area contributed by atoms with Gasteiger partial charge in [0.25, 0.3) is 0 Å². The molecule has 2 heterocycles. The van der Waals surface area contributed by atoms with Crippen LogP contribution in [0.4, 0.5) is 0 Å². The molecule has 0 saturated heterocycles. The number of hydrogen-bond donors (Lipinski definition) is 1. The van der Waals surface area contributed by atoms with E-state index in [1.54, 1.807) is 27.7 Å². The molecular formula is C33H52N6O14. The van der Waals surface area contributed by atoms with Gasteiger partial charge in [-0.25, -0.2) is 56.2 Å². The number of aromatic nitrogens is 6. The zero-order valence-electron chi connectivity index (χ0n) is 31.3. The normalized spacial score (nSPS) is 11.4. The van der Waals surface area contributed by atoms with Gasteiger partial charge >= 0.3 is 52.0 Å². The van der Waals surface area contributed by atoms with Crippen LogP contribution in [0.15, 0.2) is 28.8 Å². The summed E-state index contributed by atoms with van der Waals surface area (Å²) in [6.07, 6.45) is -0.528. The second-order valence-electron chi connectivity index (χ2n) is 13.0. The minimum absolute atomic E-state index is 0.0158. The van der Waals surface area contributed by atoms with Gasteiger partial charge in [0.1, 0.15) is 6.61 Å². The standard InChI is InChI=1S/C33H52N6O14/c1-22(2)8-7-19-51-25(41)9-12-34-28(44)35(30(46)36(29(34)45)14-11-27(43)53-24(5)6)13-10-26(42)52-21-17-39-32(48)37(15-18-40)31(47)38(33(39)49)16-20-50-23(3)4/h22-24,40H,7-21H2,1-6H3. The molecule has 0 spiro atoms. The molecule has 0 radical (unpaired) electrons. The zero-order valence-corrected chi connectivity index (χ0v) is 31.3. The molecule has 1 N–H and O–H groups in total. The van der Waals surface area contributed by atoms with Crippen molar-refractivity contribution in [1.82, 2.24) is 27.4 Å². The number of hydrogen-bond acceptors (Lipinski definition) is 14. The first-order chi connectivity index (χ1) is 25.0. The average Bonchev–Trinajstić information content (AvgIpc) is 3.07. The SMILES string of the molecule is CC(C)CCCOC(=O)CCn1c(=O)n(CCC(=O)OCCn2c(=O)n(CCO)c(=O)n(CCOC(C)C)c2=O)c(=O)n(CCC(=O)OC(C)C)c1=O.